The second-order valence-electron chi connectivity index (χ2n) is 2.52. The average molecular weight is 166 g/mol. The number of hydrogen-bond donors (Lipinski definition) is 1. The molecule has 0 fully saturated rings. The van der Waals surface area contributed by atoms with Crippen molar-refractivity contribution in [1.29, 1.82) is 0 Å². The molecule has 12 heavy (non-hydrogen) atoms. The van der Waals surface area contributed by atoms with Crippen molar-refractivity contribution in [3.8, 4) is 0 Å². The molecule has 0 saturated carbocycles. The Morgan fingerprint density at radius 1 is 1.50 bits per heavy atom. The molecule has 2 rings (SSSR count). The van der Waals surface area contributed by atoms with Crippen molar-refractivity contribution in [2.24, 2.45) is 5.73 Å². The first-order valence-corrected chi connectivity index (χ1v) is 3.54. The highest BCUT2D eigenvalue weighted by Crippen LogP contribution is 2.18. The molecule has 0 aliphatic carbocycles. The molecule has 0 radical (unpaired) electrons. The van der Waals surface area contributed by atoms with E-state index in [2.05, 4.69) is 5.16 Å². The molecule has 0 bridgehead atoms. The topological polar surface area (TPSA) is 52.0 Å². The van der Waals surface area contributed by atoms with Gasteiger partial charge in [0.15, 0.2) is 5.58 Å². The first-order chi connectivity index (χ1) is 5.81. The van der Waals surface area contributed by atoms with E-state index in [1.54, 1.807) is 6.07 Å². The van der Waals surface area contributed by atoms with Crippen LogP contribution in [-0.4, -0.2) is 5.16 Å². The van der Waals surface area contributed by atoms with E-state index in [0.29, 0.717) is 23.1 Å². The van der Waals surface area contributed by atoms with Gasteiger partial charge in [-0.3, -0.25) is 0 Å². The Morgan fingerprint density at radius 2 is 2.33 bits per heavy atom. The summed E-state index contributed by atoms with van der Waals surface area (Å²) >= 11 is 0. The average Bonchev–Trinajstić information content (AvgIpc) is 2.52. The normalized spacial score (nSPS) is 10.8. The fourth-order valence-corrected chi connectivity index (χ4v) is 1.10. The van der Waals surface area contributed by atoms with Gasteiger partial charge >= 0.3 is 0 Å². The lowest BCUT2D eigenvalue weighted by atomic mass is 10.2. The zero-order chi connectivity index (χ0) is 8.55. The van der Waals surface area contributed by atoms with Crippen LogP contribution in [-0.2, 0) is 6.54 Å². The van der Waals surface area contributed by atoms with Gasteiger partial charge in [0.05, 0.1) is 11.6 Å². The van der Waals surface area contributed by atoms with E-state index < -0.39 is 0 Å². The Morgan fingerprint density at radius 3 is 3.08 bits per heavy atom. The molecule has 0 saturated heterocycles. The van der Waals surface area contributed by atoms with Gasteiger partial charge in [-0.15, -0.1) is 0 Å². The molecule has 0 atom stereocenters. The van der Waals surface area contributed by atoms with Gasteiger partial charge in [0, 0.05) is 6.54 Å². The van der Waals surface area contributed by atoms with Crippen LogP contribution in [0.1, 0.15) is 5.56 Å². The van der Waals surface area contributed by atoms with Crippen LogP contribution in [0.5, 0.6) is 0 Å². The molecule has 1 heterocycles. The maximum absolute atomic E-state index is 13.1. The lowest BCUT2D eigenvalue weighted by Gasteiger charge is -1.95. The fourth-order valence-electron chi connectivity index (χ4n) is 1.10. The van der Waals surface area contributed by atoms with Crippen molar-refractivity contribution in [3.05, 3.63) is 29.7 Å². The number of benzene rings is 1. The van der Waals surface area contributed by atoms with Gasteiger partial charge in [0.25, 0.3) is 0 Å². The summed E-state index contributed by atoms with van der Waals surface area (Å²) in [6.45, 7) is 0.299. The predicted molar refractivity (Wildman–Crippen MR) is 41.9 cm³/mol. The van der Waals surface area contributed by atoms with E-state index in [0.717, 1.165) is 0 Å². The monoisotopic (exact) mass is 166 g/mol. The molecule has 0 spiro atoms. The Hall–Kier alpha value is -1.42. The van der Waals surface area contributed by atoms with Crippen molar-refractivity contribution in [3.63, 3.8) is 0 Å². The molecule has 1 aromatic carbocycles. The number of aromatic nitrogens is 1. The van der Waals surface area contributed by atoms with E-state index in [9.17, 15) is 4.39 Å². The lowest BCUT2D eigenvalue weighted by molar-refractivity contribution is 0.456. The number of hydrogen-bond acceptors (Lipinski definition) is 3. The molecule has 1 aromatic heterocycles. The number of nitrogens with two attached hydrogens (primary N) is 1. The highest BCUT2D eigenvalue weighted by Gasteiger charge is 2.05. The molecule has 0 unspecified atom stereocenters. The minimum atomic E-state index is -0.339. The van der Waals surface area contributed by atoms with E-state index in [1.165, 1.54) is 12.3 Å². The molecule has 2 aromatic rings. The summed E-state index contributed by atoms with van der Waals surface area (Å²) < 4.78 is 17.9. The first kappa shape index (κ1) is 7.24. The molecular formula is C8H7FN2O. The summed E-state index contributed by atoms with van der Waals surface area (Å²) in [6.07, 6.45) is 1.35. The first-order valence-electron chi connectivity index (χ1n) is 3.54. The second-order valence-corrected chi connectivity index (χ2v) is 2.52. The third-order valence-corrected chi connectivity index (χ3v) is 1.72. The van der Waals surface area contributed by atoms with Gasteiger partial charge in [-0.2, -0.15) is 0 Å². The highest BCUT2D eigenvalue weighted by atomic mass is 19.1. The van der Waals surface area contributed by atoms with Gasteiger partial charge in [-0.25, -0.2) is 4.39 Å². The molecule has 2 N–H and O–H groups in total. The molecule has 4 heteroatoms. The zero-order valence-corrected chi connectivity index (χ0v) is 6.25. The third-order valence-electron chi connectivity index (χ3n) is 1.72. The summed E-state index contributed by atoms with van der Waals surface area (Å²) in [4.78, 5) is 0. The SMILES string of the molecule is NCc1cc(F)c2cnoc2c1. The summed E-state index contributed by atoms with van der Waals surface area (Å²) in [5.41, 5.74) is 6.50. The Bertz CT molecular complexity index is 410. The van der Waals surface area contributed by atoms with Crippen molar-refractivity contribution in [2.45, 2.75) is 6.54 Å². The zero-order valence-electron chi connectivity index (χ0n) is 6.25. The third kappa shape index (κ3) is 0.967. The molecular weight excluding hydrogens is 159 g/mol. The van der Waals surface area contributed by atoms with Crippen LogP contribution in [0.15, 0.2) is 22.9 Å². The lowest BCUT2D eigenvalue weighted by Crippen LogP contribution is -1.96. The predicted octanol–water partition coefficient (Wildman–Crippen LogP) is 1.43. The maximum Gasteiger partial charge on any atom is 0.170 e. The molecule has 3 nitrogen and oxygen atoms in total. The maximum atomic E-state index is 13.1. The molecule has 0 aliphatic heterocycles. The Kier molecular flexibility index (Phi) is 1.55. The van der Waals surface area contributed by atoms with Gasteiger partial charge in [0.1, 0.15) is 5.82 Å². The van der Waals surface area contributed by atoms with Gasteiger partial charge in [-0.1, -0.05) is 5.16 Å². The molecule has 0 amide bonds. The summed E-state index contributed by atoms with van der Waals surface area (Å²) in [5.74, 6) is -0.339. The number of fused-ring (bicyclic) bond motifs is 1. The number of rotatable bonds is 1. The van der Waals surface area contributed by atoms with Gasteiger partial charge in [0.2, 0.25) is 0 Å². The minimum Gasteiger partial charge on any atom is -0.356 e. The van der Waals surface area contributed by atoms with Crippen molar-refractivity contribution >= 4 is 11.0 Å². The Labute approximate surface area is 67.9 Å². The van der Waals surface area contributed by atoms with Crippen molar-refractivity contribution in [2.75, 3.05) is 0 Å². The van der Waals surface area contributed by atoms with E-state index in [1.807, 2.05) is 0 Å². The molecule has 62 valence electrons. The van der Waals surface area contributed by atoms with Crippen LogP contribution in [0, 0.1) is 5.82 Å². The van der Waals surface area contributed by atoms with E-state index >= 15 is 0 Å². The van der Waals surface area contributed by atoms with Crippen LogP contribution < -0.4 is 5.73 Å². The van der Waals surface area contributed by atoms with Crippen molar-refractivity contribution in [1.82, 2.24) is 5.16 Å². The quantitative estimate of drug-likeness (QED) is 0.697. The van der Waals surface area contributed by atoms with Crippen LogP contribution in [0.2, 0.25) is 0 Å². The minimum absolute atomic E-state index is 0.299. The smallest absolute Gasteiger partial charge is 0.170 e. The van der Waals surface area contributed by atoms with Crippen molar-refractivity contribution < 1.29 is 8.91 Å². The van der Waals surface area contributed by atoms with Gasteiger partial charge < -0.3 is 10.3 Å². The Balaban J connectivity index is 2.75. The largest absolute Gasteiger partial charge is 0.356 e. The van der Waals surface area contributed by atoms with Gasteiger partial charge in [-0.05, 0) is 17.7 Å². The summed E-state index contributed by atoms with van der Waals surface area (Å²) in [6, 6.07) is 3.07. The van der Waals surface area contributed by atoms with Crippen LogP contribution >= 0.6 is 0 Å². The summed E-state index contributed by atoms with van der Waals surface area (Å²) in [5, 5.41) is 3.88. The second kappa shape index (κ2) is 2.57. The van der Waals surface area contributed by atoms with Crippen LogP contribution in [0.4, 0.5) is 4.39 Å². The number of halogens is 1. The van der Waals surface area contributed by atoms with E-state index in [-0.39, 0.29) is 5.82 Å². The van der Waals surface area contributed by atoms with Crippen LogP contribution in [0.25, 0.3) is 11.0 Å². The summed E-state index contributed by atoms with van der Waals surface area (Å²) in [7, 11) is 0. The molecule has 0 aliphatic rings. The fraction of sp³-hybridized carbons (Fsp3) is 0.125. The van der Waals surface area contributed by atoms with E-state index in [4.69, 9.17) is 10.3 Å². The number of nitrogens with zero attached hydrogens (tertiary/aromatic N) is 1. The van der Waals surface area contributed by atoms with Crippen LogP contribution in [0.3, 0.4) is 0 Å². The highest BCUT2D eigenvalue weighted by molar-refractivity contribution is 5.77. The standard InChI is InChI=1S/C8H7FN2O/c9-7-1-5(3-10)2-8-6(7)4-11-12-8/h1-2,4H,3,10H2.